The Bertz CT molecular complexity index is 800. The first-order valence-corrected chi connectivity index (χ1v) is 8.58. The van der Waals surface area contributed by atoms with E-state index in [0.29, 0.717) is 17.0 Å². The predicted molar refractivity (Wildman–Crippen MR) is 99.6 cm³/mol. The van der Waals surface area contributed by atoms with Crippen molar-refractivity contribution in [3.05, 3.63) is 35.4 Å². The molecule has 0 radical (unpaired) electrons. The number of nitrogens with one attached hydrogen (secondary N) is 3. The fourth-order valence-electron chi connectivity index (χ4n) is 2.38. The summed E-state index contributed by atoms with van der Waals surface area (Å²) < 4.78 is 0. The lowest BCUT2D eigenvalue weighted by Crippen LogP contribution is -2.57. The van der Waals surface area contributed by atoms with Crippen molar-refractivity contribution < 1.29 is 19.9 Å². The zero-order valence-corrected chi connectivity index (χ0v) is 15.3. The van der Waals surface area contributed by atoms with Crippen LogP contribution in [0.4, 0.5) is 0 Å². The summed E-state index contributed by atoms with van der Waals surface area (Å²) in [5.74, 6) is 10.7. The van der Waals surface area contributed by atoms with Crippen LogP contribution in [-0.2, 0) is 4.79 Å². The quantitative estimate of drug-likeness (QED) is 0.286. The molecule has 7 nitrogen and oxygen atoms in total. The average molecular weight is 369 g/mol. The summed E-state index contributed by atoms with van der Waals surface area (Å²) in [6.45, 7) is 4.74. The third-order valence-electron chi connectivity index (χ3n) is 4.12. The van der Waals surface area contributed by atoms with E-state index in [1.54, 1.807) is 24.3 Å². The molecule has 1 aliphatic heterocycles. The van der Waals surface area contributed by atoms with Crippen LogP contribution in [0.1, 0.15) is 36.2 Å². The zero-order chi connectivity index (χ0) is 19.9. The minimum atomic E-state index is -1.55. The summed E-state index contributed by atoms with van der Waals surface area (Å²) in [5.41, 5.74) is 0.886. The highest BCUT2D eigenvalue weighted by molar-refractivity contribution is 5.97. The number of aliphatic hydroxyl groups is 1. The summed E-state index contributed by atoms with van der Waals surface area (Å²) in [7, 11) is 0. The average Bonchev–Trinajstić information content (AvgIpc) is 2.59. The maximum absolute atomic E-state index is 12.3. The Hall–Kier alpha value is -2.84. The van der Waals surface area contributed by atoms with Crippen molar-refractivity contribution in [2.45, 2.75) is 31.9 Å². The van der Waals surface area contributed by atoms with Crippen LogP contribution in [0.2, 0.25) is 0 Å². The van der Waals surface area contributed by atoms with Crippen molar-refractivity contribution in [1.82, 2.24) is 16.1 Å². The number of hydroxylamine groups is 1. The van der Waals surface area contributed by atoms with Gasteiger partial charge in [-0.2, -0.15) is 0 Å². The van der Waals surface area contributed by atoms with E-state index in [4.69, 9.17) is 5.21 Å². The van der Waals surface area contributed by atoms with E-state index in [1.165, 1.54) is 19.3 Å². The van der Waals surface area contributed by atoms with Crippen molar-refractivity contribution in [1.29, 1.82) is 0 Å². The second kappa shape index (κ2) is 9.20. The van der Waals surface area contributed by atoms with Crippen LogP contribution in [0.25, 0.3) is 0 Å². The second-order valence-corrected chi connectivity index (χ2v) is 6.89. The van der Waals surface area contributed by atoms with Gasteiger partial charge in [-0.1, -0.05) is 11.8 Å². The molecule has 0 spiro atoms. The molecular weight excluding hydrogens is 346 g/mol. The van der Waals surface area contributed by atoms with Gasteiger partial charge in [0.2, 0.25) is 0 Å². The third kappa shape index (κ3) is 6.12. The van der Waals surface area contributed by atoms with Crippen molar-refractivity contribution in [3.63, 3.8) is 0 Å². The number of carbonyl (C=O) groups excluding carboxylic acids is 2. The van der Waals surface area contributed by atoms with E-state index in [1.807, 2.05) is 0 Å². The van der Waals surface area contributed by atoms with Gasteiger partial charge in [-0.3, -0.25) is 14.8 Å². The van der Waals surface area contributed by atoms with Crippen LogP contribution in [0.5, 0.6) is 0 Å². The molecule has 1 aliphatic rings. The largest absolute Gasteiger partial charge is 0.388 e. The first kappa shape index (κ1) is 20.5. The van der Waals surface area contributed by atoms with Crippen LogP contribution in [0.15, 0.2) is 24.3 Å². The van der Waals surface area contributed by atoms with Gasteiger partial charge < -0.3 is 15.7 Å². The first-order chi connectivity index (χ1) is 12.8. The molecule has 1 fully saturated rings. The Balaban J connectivity index is 1.97. The van der Waals surface area contributed by atoms with Gasteiger partial charge in [-0.25, -0.2) is 5.48 Å². The number of hydrogen-bond acceptors (Lipinski definition) is 5. The van der Waals surface area contributed by atoms with Crippen LogP contribution >= 0.6 is 0 Å². The highest BCUT2D eigenvalue weighted by Gasteiger charge is 2.34. The summed E-state index contributed by atoms with van der Waals surface area (Å²) >= 11 is 0. The Labute approximate surface area is 158 Å². The van der Waals surface area contributed by atoms with Gasteiger partial charge in [-0.05, 0) is 55.9 Å². The number of carbonyl (C=O) groups is 2. The van der Waals surface area contributed by atoms with Crippen molar-refractivity contribution >= 4 is 11.8 Å². The maximum atomic E-state index is 12.3. The van der Waals surface area contributed by atoms with Crippen LogP contribution in [0, 0.1) is 29.6 Å². The molecule has 7 heteroatoms. The zero-order valence-electron chi connectivity index (χ0n) is 15.3. The summed E-state index contributed by atoms with van der Waals surface area (Å²) in [4.78, 5) is 23.9. The van der Waals surface area contributed by atoms with Crippen molar-refractivity contribution in [3.8, 4) is 23.7 Å². The Kier molecular flexibility index (Phi) is 6.98. The van der Waals surface area contributed by atoms with Gasteiger partial charge in [-0.15, -0.1) is 0 Å². The van der Waals surface area contributed by atoms with Gasteiger partial charge in [0.15, 0.2) is 0 Å². The van der Waals surface area contributed by atoms with Crippen LogP contribution in [-0.4, -0.2) is 46.9 Å². The van der Waals surface area contributed by atoms with E-state index in [9.17, 15) is 14.7 Å². The maximum Gasteiger partial charge on any atom is 0.268 e. The molecule has 1 saturated heterocycles. The van der Waals surface area contributed by atoms with E-state index >= 15 is 0 Å². The van der Waals surface area contributed by atoms with Gasteiger partial charge in [0.05, 0.1) is 5.60 Å². The molecule has 142 valence electrons. The molecule has 2 amide bonds. The van der Waals surface area contributed by atoms with E-state index in [2.05, 4.69) is 34.3 Å². The minimum absolute atomic E-state index is 0.295. The standard InChI is InChI=1S/C20H23N3O4/c1-20(2,26)17(19(25)23-27)22-18(24)16-10-8-14(9-11-16)6-4-3-5-7-15-12-21-13-15/h8-11,15,17,21,26-27H,7,12-13H2,1-2H3,(H,22,24)(H,23,25)/t17-/m1/s1. The molecule has 27 heavy (non-hydrogen) atoms. The smallest absolute Gasteiger partial charge is 0.268 e. The summed E-state index contributed by atoms with van der Waals surface area (Å²) in [5, 5.41) is 24.3. The molecule has 1 aromatic carbocycles. The number of rotatable bonds is 5. The molecule has 0 unspecified atom stereocenters. The molecule has 1 aromatic rings. The van der Waals surface area contributed by atoms with E-state index < -0.39 is 23.5 Å². The Morgan fingerprint density at radius 2 is 1.93 bits per heavy atom. The fraction of sp³-hybridized carbons (Fsp3) is 0.400. The lowest BCUT2D eigenvalue weighted by atomic mass is 9.97. The van der Waals surface area contributed by atoms with Crippen molar-refractivity contribution in [2.24, 2.45) is 5.92 Å². The Morgan fingerprint density at radius 3 is 2.44 bits per heavy atom. The highest BCUT2D eigenvalue weighted by Crippen LogP contribution is 2.11. The van der Waals surface area contributed by atoms with Gasteiger partial charge in [0.25, 0.3) is 11.8 Å². The minimum Gasteiger partial charge on any atom is -0.388 e. The molecule has 1 atom stereocenters. The Morgan fingerprint density at radius 1 is 1.26 bits per heavy atom. The van der Waals surface area contributed by atoms with Crippen molar-refractivity contribution in [2.75, 3.05) is 13.1 Å². The normalized spacial score (nSPS) is 14.5. The van der Waals surface area contributed by atoms with Crippen LogP contribution < -0.4 is 16.1 Å². The molecule has 0 bridgehead atoms. The number of amides is 2. The lowest BCUT2D eigenvalue weighted by Gasteiger charge is -2.28. The molecule has 2 rings (SSSR count). The first-order valence-electron chi connectivity index (χ1n) is 8.58. The molecular formula is C20H23N3O4. The SMILES string of the molecule is CC(C)(O)[C@H](NC(=O)c1ccc(C#CC#CCC2CNC2)cc1)C(=O)NO. The lowest BCUT2D eigenvalue weighted by molar-refractivity contribution is -0.136. The summed E-state index contributed by atoms with van der Waals surface area (Å²) in [6.07, 6.45) is 0.838. The fourth-order valence-corrected chi connectivity index (χ4v) is 2.38. The molecule has 0 aliphatic carbocycles. The van der Waals surface area contributed by atoms with Gasteiger partial charge in [0.1, 0.15) is 6.04 Å². The van der Waals surface area contributed by atoms with E-state index in [-0.39, 0.29) is 0 Å². The van der Waals surface area contributed by atoms with Gasteiger partial charge >= 0.3 is 0 Å². The predicted octanol–water partition coefficient (Wildman–Crippen LogP) is 0.0257. The summed E-state index contributed by atoms with van der Waals surface area (Å²) in [6, 6.07) is 5.15. The highest BCUT2D eigenvalue weighted by atomic mass is 16.5. The topological polar surface area (TPSA) is 111 Å². The third-order valence-corrected chi connectivity index (χ3v) is 4.12. The molecule has 1 heterocycles. The second-order valence-electron chi connectivity index (χ2n) is 6.89. The number of hydrogen-bond donors (Lipinski definition) is 5. The van der Waals surface area contributed by atoms with Crippen LogP contribution in [0.3, 0.4) is 0 Å². The molecule has 5 N–H and O–H groups in total. The monoisotopic (exact) mass is 369 g/mol. The van der Waals surface area contributed by atoms with E-state index in [0.717, 1.165) is 19.5 Å². The number of benzene rings is 1. The van der Waals surface area contributed by atoms with Gasteiger partial charge in [0, 0.05) is 30.6 Å². The molecule has 0 aromatic heterocycles. The molecule has 0 saturated carbocycles.